The van der Waals surface area contributed by atoms with Crippen molar-refractivity contribution in [3.05, 3.63) is 30.1 Å². The van der Waals surface area contributed by atoms with E-state index in [1.807, 2.05) is 6.20 Å². The van der Waals surface area contributed by atoms with E-state index in [0.717, 1.165) is 19.0 Å². The summed E-state index contributed by atoms with van der Waals surface area (Å²) in [5.41, 5.74) is 1.42. The zero-order chi connectivity index (χ0) is 11.9. The van der Waals surface area contributed by atoms with Gasteiger partial charge in [0, 0.05) is 24.9 Å². The molecule has 17 heavy (non-hydrogen) atoms. The lowest BCUT2D eigenvalue weighted by Crippen LogP contribution is -2.28. The molecular weight excluding hydrogens is 208 g/mol. The number of aromatic nitrogens is 1. The fourth-order valence-electron chi connectivity index (χ4n) is 2.99. The summed E-state index contributed by atoms with van der Waals surface area (Å²) < 4.78 is 0. The average Bonchev–Trinajstić information content (AvgIpc) is 2.42. The van der Waals surface area contributed by atoms with Gasteiger partial charge in [0.1, 0.15) is 0 Å². The summed E-state index contributed by atoms with van der Waals surface area (Å²) in [7, 11) is 0. The first-order valence-corrected chi connectivity index (χ1v) is 7.02. The zero-order valence-electron chi connectivity index (χ0n) is 10.9. The highest BCUT2D eigenvalue weighted by atomic mass is 14.8. The Bertz CT molecular complexity index is 304. The molecule has 0 radical (unpaired) electrons. The van der Waals surface area contributed by atoms with Crippen molar-refractivity contribution in [2.45, 2.75) is 44.9 Å². The Labute approximate surface area is 105 Å². The van der Waals surface area contributed by atoms with E-state index in [1.165, 1.54) is 37.7 Å². The molecule has 1 heterocycles. The van der Waals surface area contributed by atoms with Gasteiger partial charge in [-0.05, 0) is 36.9 Å². The molecule has 1 aliphatic rings. The van der Waals surface area contributed by atoms with Gasteiger partial charge in [-0.3, -0.25) is 4.98 Å². The van der Waals surface area contributed by atoms with Gasteiger partial charge in [0.15, 0.2) is 0 Å². The minimum atomic E-state index is 0.656. The number of hydrogen-bond acceptors (Lipinski definition) is 2. The molecule has 1 saturated carbocycles. The maximum Gasteiger partial charge on any atom is 0.0303 e. The normalized spacial score (nSPS) is 19.1. The summed E-state index contributed by atoms with van der Waals surface area (Å²) in [4.78, 5) is 4.28. The van der Waals surface area contributed by atoms with Gasteiger partial charge in [0.2, 0.25) is 0 Å². The third-order valence-corrected chi connectivity index (χ3v) is 3.95. The summed E-state index contributed by atoms with van der Waals surface area (Å²) >= 11 is 0. The molecule has 0 saturated heterocycles. The predicted molar refractivity (Wildman–Crippen MR) is 72.1 cm³/mol. The predicted octanol–water partition coefficient (Wildman–Crippen LogP) is 3.36. The standard InChI is InChI=1S/C15H24N2/c1-2-16-12-15(13-7-4-3-5-8-13)14-9-6-10-17-11-14/h6,9-11,13,15-16H,2-5,7-8,12H2,1H3. The molecule has 2 heteroatoms. The SMILES string of the molecule is CCNCC(c1cccnc1)C1CCCCC1. The summed E-state index contributed by atoms with van der Waals surface area (Å²) in [5, 5.41) is 3.52. The molecule has 94 valence electrons. The Morgan fingerprint density at radius 1 is 1.35 bits per heavy atom. The van der Waals surface area contributed by atoms with Crippen molar-refractivity contribution < 1.29 is 0 Å². The molecule has 2 nitrogen and oxygen atoms in total. The number of pyridine rings is 1. The van der Waals surface area contributed by atoms with Crippen LogP contribution < -0.4 is 5.32 Å². The lowest BCUT2D eigenvalue weighted by atomic mass is 9.77. The third-order valence-electron chi connectivity index (χ3n) is 3.95. The van der Waals surface area contributed by atoms with Crippen LogP contribution in [-0.4, -0.2) is 18.1 Å². The molecule has 0 aromatic carbocycles. The van der Waals surface area contributed by atoms with Crippen LogP contribution in [0.5, 0.6) is 0 Å². The van der Waals surface area contributed by atoms with E-state index in [9.17, 15) is 0 Å². The molecule has 1 aliphatic carbocycles. The maximum absolute atomic E-state index is 4.28. The number of nitrogens with zero attached hydrogens (tertiary/aromatic N) is 1. The van der Waals surface area contributed by atoms with Crippen molar-refractivity contribution >= 4 is 0 Å². The fourth-order valence-corrected chi connectivity index (χ4v) is 2.99. The Kier molecular flexibility index (Phi) is 4.99. The van der Waals surface area contributed by atoms with E-state index in [0.29, 0.717) is 5.92 Å². The van der Waals surface area contributed by atoms with Crippen LogP contribution in [0.15, 0.2) is 24.5 Å². The van der Waals surface area contributed by atoms with Crippen molar-refractivity contribution in [2.24, 2.45) is 5.92 Å². The minimum Gasteiger partial charge on any atom is -0.316 e. The Balaban J connectivity index is 2.06. The molecule has 1 unspecified atom stereocenters. The van der Waals surface area contributed by atoms with Crippen LogP contribution in [0.2, 0.25) is 0 Å². The molecule has 1 aromatic rings. The minimum absolute atomic E-state index is 0.656. The molecular formula is C15H24N2. The van der Waals surface area contributed by atoms with Crippen molar-refractivity contribution in [3.63, 3.8) is 0 Å². The molecule has 0 bridgehead atoms. The van der Waals surface area contributed by atoms with E-state index in [-0.39, 0.29) is 0 Å². The smallest absolute Gasteiger partial charge is 0.0303 e. The molecule has 1 fully saturated rings. The first-order chi connectivity index (χ1) is 8.42. The summed E-state index contributed by atoms with van der Waals surface area (Å²) in [6.07, 6.45) is 11.0. The van der Waals surface area contributed by atoms with Crippen LogP contribution in [-0.2, 0) is 0 Å². The molecule has 1 N–H and O–H groups in total. The van der Waals surface area contributed by atoms with E-state index in [4.69, 9.17) is 0 Å². The molecule has 2 rings (SSSR count). The first-order valence-electron chi connectivity index (χ1n) is 7.02. The molecule has 0 spiro atoms. The number of nitrogens with one attached hydrogen (secondary N) is 1. The van der Waals surface area contributed by atoms with E-state index in [2.05, 4.69) is 35.6 Å². The van der Waals surface area contributed by atoms with Gasteiger partial charge < -0.3 is 5.32 Å². The van der Waals surface area contributed by atoms with Crippen LogP contribution in [0, 0.1) is 5.92 Å². The molecule has 0 aliphatic heterocycles. The average molecular weight is 232 g/mol. The Hall–Kier alpha value is -0.890. The molecule has 1 atom stereocenters. The molecule has 1 aromatic heterocycles. The quantitative estimate of drug-likeness (QED) is 0.842. The number of hydrogen-bond donors (Lipinski definition) is 1. The Morgan fingerprint density at radius 3 is 2.82 bits per heavy atom. The van der Waals surface area contributed by atoms with Crippen molar-refractivity contribution in [3.8, 4) is 0 Å². The summed E-state index contributed by atoms with van der Waals surface area (Å²) in [5.74, 6) is 1.51. The van der Waals surface area contributed by atoms with Gasteiger partial charge in [-0.2, -0.15) is 0 Å². The highest BCUT2D eigenvalue weighted by Gasteiger charge is 2.24. The monoisotopic (exact) mass is 232 g/mol. The Morgan fingerprint density at radius 2 is 2.18 bits per heavy atom. The van der Waals surface area contributed by atoms with Gasteiger partial charge in [-0.15, -0.1) is 0 Å². The van der Waals surface area contributed by atoms with Crippen molar-refractivity contribution in [1.82, 2.24) is 10.3 Å². The highest BCUT2D eigenvalue weighted by molar-refractivity contribution is 5.16. The second-order valence-electron chi connectivity index (χ2n) is 5.10. The van der Waals surface area contributed by atoms with Crippen molar-refractivity contribution in [2.75, 3.05) is 13.1 Å². The van der Waals surface area contributed by atoms with Gasteiger partial charge >= 0.3 is 0 Å². The van der Waals surface area contributed by atoms with Crippen LogP contribution in [0.1, 0.15) is 50.5 Å². The van der Waals surface area contributed by atoms with E-state index in [1.54, 1.807) is 0 Å². The van der Waals surface area contributed by atoms with Gasteiger partial charge in [0.25, 0.3) is 0 Å². The van der Waals surface area contributed by atoms with Crippen LogP contribution in [0.25, 0.3) is 0 Å². The van der Waals surface area contributed by atoms with E-state index >= 15 is 0 Å². The second kappa shape index (κ2) is 6.75. The van der Waals surface area contributed by atoms with Crippen LogP contribution in [0.4, 0.5) is 0 Å². The van der Waals surface area contributed by atoms with Crippen LogP contribution in [0.3, 0.4) is 0 Å². The lowest BCUT2D eigenvalue weighted by molar-refractivity contribution is 0.297. The molecule has 0 amide bonds. The van der Waals surface area contributed by atoms with Crippen LogP contribution >= 0.6 is 0 Å². The second-order valence-corrected chi connectivity index (χ2v) is 5.10. The van der Waals surface area contributed by atoms with E-state index < -0.39 is 0 Å². The summed E-state index contributed by atoms with van der Waals surface area (Å²) in [6, 6.07) is 4.31. The number of rotatable bonds is 5. The zero-order valence-corrected chi connectivity index (χ0v) is 10.9. The highest BCUT2D eigenvalue weighted by Crippen LogP contribution is 2.35. The largest absolute Gasteiger partial charge is 0.316 e. The van der Waals surface area contributed by atoms with Gasteiger partial charge in [-0.1, -0.05) is 32.3 Å². The lowest BCUT2D eigenvalue weighted by Gasteiger charge is -2.30. The van der Waals surface area contributed by atoms with Gasteiger partial charge in [0.05, 0.1) is 0 Å². The first kappa shape index (κ1) is 12.6. The third kappa shape index (κ3) is 3.53. The summed E-state index contributed by atoms with van der Waals surface area (Å²) in [6.45, 7) is 4.34. The maximum atomic E-state index is 4.28. The topological polar surface area (TPSA) is 24.9 Å². The fraction of sp³-hybridized carbons (Fsp3) is 0.667. The van der Waals surface area contributed by atoms with Crippen molar-refractivity contribution in [1.29, 1.82) is 0 Å². The number of likely N-dealkylation sites (N-methyl/N-ethyl adjacent to an activating group) is 1. The van der Waals surface area contributed by atoms with Gasteiger partial charge in [-0.25, -0.2) is 0 Å².